The molecule has 3 nitrogen and oxygen atoms in total. The average Bonchev–Trinajstić information content (AvgIpc) is 2.40. The Balaban J connectivity index is 2.16. The van der Waals surface area contributed by atoms with Crippen molar-refractivity contribution in [1.29, 1.82) is 0 Å². The average molecular weight is 253 g/mol. The molecule has 0 aliphatic carbocycles. The molecule has 0 saturated carbocycles. The molecule has 0 aromatic heterocycles. The van der Waals surface area contributed by atoms with Gasteiger partial charge in [-0.2, -0.15) is 0 Å². The first-order chi connectivity index (χ1) is 8.20. The molecule has 2 rings (SSSR count). The maximum absolute atomic E-state index is 13.3. The van der Waals surface area contributed by atoms with E-state index in [0.29, 0.717) is 5.69 Å². The Labute approximate surface area is 107 Å². The van der Waals surface area contributed by atoms with Crippen molar-refractivity contribution in [1.82, 2.24) is 0 Å². The van der Waals surface area contributed by atoms with Crippen molar-refractivity contribution in [2.24, 2.45) is 0 Å². The van der Waals surface area contributed by atoms with E-state index < -0.39 is 5.82 Å². The molecule has 4 heteroatoms. The summed E-state index contributed by atoms with van der Waals surface area (Å²) in [6.45, 7) is 8.15. The minimum Gasteiger partial charge on any atom is -0.505 e. The Morgan fingerprint density at radius 1 is 1.33 bits per heavy atom. The molecule has 0 spiro atoms. The predicted octanol–water partition coefficient (Wildman–Crippen LogP) is 3.29. The second-order valence-electron chi connectivity index (χ2n) is 6.03. The fraction of sp³-hybridized carbons (Fsp3) is 0.571. The minimum absolute atomic E-state index is 0.108. The minimum atomic E-state index is -0.615. The summed E-state index contributed by atoms with van der Waals surface area (Å²) in [6, 6.07) is 4.43. The molecule has 2 N–H and O–H groups in total. The number of halogens is 1. The number of ether oxygens (including phenoxy) is 1. The second kappa shape index (κ2) is 4.12. The van der Waals surface area contributed by atoms with Gasteiger partial charge in [0, 0.05) is 11.8 Å². The zero-order valence-electron chi connectivity index (χ0n) is 11.2. The maximum atomic E-state index is 13.3. The highest BCUT2D eigenvalue weighted by atomic mass is 19.1. The summed E-state index contributed by atoms with van der Waals surface area (Å²) >= 11 is 0. The number of hydrogen-bond acceptors (Lipinski definition) is 3. The van der Waals surface area contributed by atoms with Gasteiger partial charge in [-0.05, 0) is 46.2 Å². The lowest BCUT2D eigenvalue weighted by molar-refractivity contribution is -0.0662. The highest BCUT2D eigenvalue weighted by Gasteiger charge is 2.45. The number of rotatable bonds is 2. The van der Waals surface area contributed by atoms with E-state index in [1.165, 1.54) is 12.1 Å². The van der Waals surface area contributed by atoms with Crippen molar-refractivity contribution in [3.8, 4) is 5.75 Å². The zero-order chi connectivity index (χ0) is 13.6. The van der Waals surface area contributed by atoms with Crippen LogP contribution in [0.15, 0.2) is 18.2 Å². The van der Waals surface area contributed by atoms with Gasteiger partial charge in [-0.3, -0.25) is 0 Å². The second-order valence-corrected chi connectivity index (χ2v) is 6.03. The van der Waals surface area contributed by atoms with Gasteiger partial charge in [0.15, 0.2) is 11.6 Å². The standard InChI is InChI=1S/C14H20FNO2/c1-13(2)8-12(14(3,4)18-13)16-9-5-6-11(17)10(15)7-9/h5-7,12,16-17H,8H2,1-4H3. The van der Waals surface area contributed by atoms with Gasteiger partial charge in [0.2, 0.25) is 0 Å². The van der Waals surface area contributed by atoms with Crippen molar-refractivity contribution >= 4 is 5.69 Å². The quantitative estimate of drug-likeness (QED) is 0.795. The van der Waals surface area contributed by atoms with Crippen molar-refractivity contribution < 1.29 is 14.2 Å². The summed E-state index contributed by atoms with van der Waals surface area (Å²) in [5.74, 6) is -0.946. The summed E-state index contributed by atoms with van der Waals surface area (Å²) in [7, 11) is 0. The van der Waals surface area contributed by atoms with Gasteiger partial charge in [0.05, 0.1) is 17.2 Å². The van der Waals surface area contributed by atoms with E-state index in [2.05, 4.69) is 5.32 Å². The predicted molar refractivity (Wildman–Crippen MR) is 69.3 cm³/mol. The monoisotopic (exact) mass is 253 g/mol. The van der Waals surface area contributed by atoms with E-state index in [-0.39, 0.29) is 23.0 Å². The lowest BCUT2D eigenvalue weighted by Gasteiger charge is -2.28. The molecule has 1 saturated heterocycles. The molecule has 1 aliphatic rings. The number of nitrogens with one attached hydrogen (secondary N) is 1. The van der Waals surface area contributed by atoms with E-state index in [4.69, 9.17) is 9.84 Å². The number of benzene rings is 1. The fourth-order valence-electron chi connectivity index (χ4n) is 2.58. The molecule has 0 bridgehead atoms. The summed E-state index contributed by atoms with van der Waals surface area (Å²) in [5.41, 5.74) is 0.166. The molecule has 0 amide bonds. The fourth-order valence-corrected chi connectivity index (χ4v) is 2.58. The third-order valence-electron chi connectivity index (χ3n) is 3.36. The van der Waals surface area contributed by atoms with Gasteiger partial charge >= 0.3 is 0 Å². The van der Waals surface area contributed by atoms with E-state index in [1.807, 2.05) is 27.7 Å². The number of hydrogen-bond donors (Lipinski definition) is 2. The lowest BCUT2D eigenvalue weighted by atomic mass is 9.94. The van der Waals surface area contributed by atoms with E-state index in [9.17, 15) is 4.39 Å². The lowest BCUT2D eigenvalue weighted by Crippen LogP contribution is -2.38. The Morgan fingerprint density at radius 3 is 2.50 bits per heavy atom. The zero-order valence-corrected chi connectivity index (χ0v) is 11.2. The van der Waals surface area contributed by atoms with E-state index >= 15 is 0 Å². The van der Waals surface area contributed by atoms with Crippen LogP contribution in [0.5, 0.6) is 5.75 Å². The van der Waals surface area contributed by atoms with Crippen molar-refractivity contribution in [2.45, 2.75) is 51.4 Å². The highest BCUT2D eigenvalue weighted by Crippen LogP contribution is 2.39. The smallest absolute Gasteiger partial charge is 0.166 e. The molecule has 1 fully saturated rings. The van der Waals surface area contributed by atoms with Crippen LogP contribution in [0.4, 0.5) is 10.1 Å². The number of phenols is 1. The first kappa shape index (κ1) is 13.1. The molecule has 1 heterocycles. The first-order valence-electron chi connectivity index (χ1n) is 6.15. The van der Waals surface area contributed by atoms with Crippen LogP contribution in [0.3, 0.4) is 0 Å². The van der Waals surface area contributed by atoms with Crippen LogP contribution in [0.25, 0.3) is 0 Å². The molecule has 1 aromatic carbocycles. The van der Waals surface area contributed by atoms with Gasteiger partial charge in [-0.15, -0.1) is 0 Å². The van der Waals surface area contributed by atoms with Crippen molar-refractivity contribution in [2.75, 3.05) is 5.32 Å². The Hall–Kier alpha value is -1.29. The normalized spacial score (nSPS) is 25.1. The molecule has 1 aromatic rings. The van der Waals surface area contributed by atoms with Crippen molar-refractivity contribution in [3.63, 3.8) is 0 Å². The summed E-state index contributed by atoms with van der Waals surface area (Å²) in [6.07, 6.45) is 0.850. The molecular weight excluding hydrogens is 233 g/mol. The topological polar surface area (TPSA) is 41.5 Å². The van der Waals surface area contributed by atoms with Crippen LogP contribution >= 0.6 is 0 Å². The molecule has 1 unspecified atom stereocenters. The Morgan fingerprint density at radius 2 is 2.00 bits per heavy atom. The van der Waals surface area contributed by atoms with Gasteiger partial charge in [0.1, 0.15) is 0 Å². The molecular formula is C14H20FNO2. The van der Waals surface area contributed by atoms with Crippen molar-refractivity contribution in [3.05, 3.63) is 24.0 Å². The van der Waals surface area contributed by atoms with Gasteiger partial charge in [0.25, 0.3) is 0 Å². The Bertz CT molecular complexity index is 457. The van der Waals surface area contributed by atoms with Crippen LogP contribution in [-0.2, 0) is 4.74 Å². The third kappa shape index (κ3) is 2.58. The van der Waals surface area contributed by atoms with Gasteiger partial charge in [-0.1, -0.05) is 0 Å². The summed E-state index contributed by atoms with van der Waals surface area (Å²) in [4.78, 5) is 0. The molecule has 1 aliphatic heterocycles. The maximum Gasteiger partial charge on any atom is 0.166 e. The molecule has 1 atom stereocenters. The van der Waals surface area contributed by atoms with Crippen LogP contribution < -0.4 is 5.32 Å². The number of phenolic OH excluding ortho intramolecular Hbond substituents is 1. The van der Waals surface area contributed by atoms with Crippen LogP contribution in [0.2, 0.25) is 0 Å². The van der Waals surface area contributed by atoms with Crippen LogP contribution in [0, 0.1) is 5.82 Å². The highest BCUT2D eigenvalue weighted by molar-refractivity contribution is 5.48. The first-order valence-corrected chi connectivity index (χ1v) is 6.15. The SMILES string of the molecule is CC1(C)CC(Nc2ccc(O)c(F)c2)C(C)(C)O1. The molecule has 100 valence electrons. The van der Waals surface area contributed by atoms with Crippen LogP contribution in [-0.4, -0.2) is 22.4 Å². The third-order valence-corrected chi connectivity index (χ3v) is 3.36. The summed E-state index contributed by atoms with van der Waals surface area (Å²) < 4.78 is 19.2. The van der Waals surface area contributed by atoms with E-state index in [0.717, 1.165) is 6.42 Å². The van der Waals surface area contributed by atoms with Gasteiger partial charge in [-0.25, -0.2) is 4.39 Å². The largest absolute Gasteiger partial charge is 0.505 e. The molecule has 0 radical (unpaired) electrons. The summed E-state index contributed by atoms with van der Waals surface area (Å²) in [5, 5.41) is 12.4. The number of anilines is 1. The van der Waals surface area contributed by atoms with Crippen LogP contribution in [0.1, 0.15) is 34.1 Å². The van der Waals surface area contributed by atoms with E-state index in [1.54, 1.807) is 6.07 Å². The van der Waals surface area contributed by atoms with Gasteiger partial charge < -0.3 is 15.2 Å². The molecule has 18 heavy (non-hydrogen) atoms. The number of aromatic hydroxyl groups is 1. The Kier molecular flexibility index (Phi) is 3.01.